The smallest absolute Gasteiger partial charge is 0.263 e. The number of hydrogen-bond donors (Lipinski definition) is 0. The molecule has 1 amide bonds. The molecule has 25 heavy (non-hydrogen) atoms. The minimum Gasteiger partial charge on any atom is -0.497 e. The minimum absolute atomic E-state index is 0.0224. The molecule has 1 unspecified atom stereocenters. The SMILES string of the molecule is CCC1CN(C(=O)CON=C2CCCc3cc(OC)ccc32)CCO1. The maximum absolute atomic E-state index is 12.3. The fourth-order valence-electron chi connectivity index (χ4n) is 3.31. The van der Waals surface area contributed by atoms with Gasteiger partial charge >= 0.3 is 0 Å². The molecule has 0 spiro atoms. The summed E-state index contributed by atoms with van der Waals surface area (Å²) in [6, 6.07) is 6.00. The first kappa shape index (κ1) is 17.7. The van der Waals surface area contributed by atoms with Crippen LogP contribution in [0.1, 0.15) is 37.3 Å². The van der Waals surface area contributed by atoms with E-state index in [0.29, 0.717) is 19.7 Å². The van der Waals surface area contributed by atoms with Gasteiger partial charge in [-0.2, -0.15) is 0 Å². The molecule has 1 saturated heterocycles. The van der Waals surface area contributed by atoms with Crippen LogP contribution in [0.25, 0.3) is 0 Å². The number of hydrogen-bond acceptors (Lipinski definition) is 5. The Bertz CT molecular complexity index is 644. The van der Waals surface area contributed by atoms with E-state index in [-0.39, 0.29) is 18.6 Å². The summed E-state index contributed by atoms with van der Waals surface area (Å²) in [5.74, 6) is 0.825. The summed E-state index contributed by atoms with van der Waals surface area (Å²) in [5.41, 5.74) is 3.22. The van der Waals surface area contributed by atoms with Crippen LogP contribution in [0, 0.1) is 0 Å². The molecule has 6 heteroatoms. The molecular weight excluding hydrogens is 320 g/mol. The van der Waals surface area contributed by atoms with E-state index in [2.05, 4.69) is 12.1 Å². The highest BCUT2D eigenvalue weighted by Crippen LogP contribution is 2.26. The minimum atomic E-state index is -0.0307. The Hall–Kier alpha value is -2.08. The highest BCUT2D eigenvalue weighted by Gasteiger charge is 2.23. The van der Waals surface area contributed by atoms with Gasteiger partial charge in [0.25, 0.3) is 5.91 Å². The molecule has 1 aliphatic carbocycles. The highest BCUT2D eigenvalue weighted by atomic mass is 16.6. The van der Waals surface area contributed by atoms with Crippen molar-refractivity contribution in [2.45, 2.75) is 38.7 Å². The number of amides is 1. The Morgan fingerprint density at radius 2 is 2.28 bits per heavy atom. The van der Waals surface area contributed by atoms with Crippen molar-refractivity contribution in [3.8, 4) is 5.75 Å². The number of morpholine rings is 1. The third-order valence-corrected chi connectivity index (χ3v) is 4.79. The summed E-state index contributed by atoms with van der Waals surface area (Å²) in [6.07, 6.45) is 3.94. The van der Waals surface area contributed by atoms with E-state index in [1.54, 1.807) is 12.0 Å². The van der Waals surface area contributed by atoms with Gasteiger partial charge in [-0.25, -0.2) is 0 Å². The standard InChI is InChI=1S/C19H26N2O4/c1-3-15-12-21(9-10-24-15)19(22)13-25-20-18-6-4-5-14-11-16(23-2)7-8-17(14)18/h7-8,11,15H,3-6,9-10,12-13H2,1-2H3. The topological polar surface area (TPSA) is 60.4 Å². The number of oxime groups is 1. The zero-order chi connectivity index (χ0) is 17.6. The van der Waals surface area contributed by atoms with Crippen LogP contribution in [0.4, 0.5) is 0 Å². The second kappa shape index (κ2) is 8.34. The lowest BCUT2D eigenvalue weighted by Crippen LogP contribution is -2.46. The fraction of sp³-hybridized carbons (Fsp3) is 0.579. The van der Waals surface area contributed by atoms with Crippen LogP contribution >= 0.6 is 0 Å². The zero-order valence-corrected chi connectivity index (χ0v) is 15.0. The Balaban J connectivity index is 1.59. The number of rotatable bonds is 5. The lowest BCUT2D eigenvalue weighted by Gasteiger charge is -2.32. The largest absolute Gasteiger partial charge is 0.497 e. The molecule has 1 atom stereocenters. The molecule has 0 N–H and O–H groups in total. The molecule has 1 aromatic rings. The van der Waals surface area contributed by atoms with Gasteiger partial charge in [0.05, 0.1) is 25.5 Å². The lowest BCUT2D eigenvalue weighted by molar-refractivity contribution is -0.143. The van der Waals surface area contributed by atoms with Crippen molar-refractivity contribution >= 4 is 11.6 Å². The predicted octanol–water partition coefficient (Wildman–Crippen LogP) is 2.39. The summed E-state index contributed by atoms with van der Waals surface area (Å²) >= 11 is 0. The third kappa shape index (κ3) is 4.31. The summed E-state index contributed by atoms with van der Waals surface area (Å²) in [5, 5.41) is 4.25. The predicted molar refractivity (Wildman–Crippen MR) is 95.0 cm³/mol. The second-order valence-corrected chi connectivity index (χ2v) is 6.43. The average molecular weight is 346 g/mol. The maximum atomic E-state index is 12.3. The summed E-state index contributed by atoms with van der Waals surface area (Å²) in [4.78, 5) is 19.5. The van der Waals surface area contributed by atoms with Gasteiger partial charge in [-0.05, 0) is 49.4 Å². The van der Waals surface area contributed by atoms with E-state index >= 15 is 0 Å². The summed E-state index contributed by atoms with van der Waals surface area (Å²) in [6.45, 7) is 3.89. The van der Waals surface area contributed by atoms with E-state index in [4.69, 9.17) is 14.3 Å². The number of ether oxygens (including phenoxy) is 2. The molecular formula is C19H26N2O4. The van der Waals surface area contributed by atoms with Crippen LogP contribution < -0.4 is 4.74 Å². The van der Waals surface area contributed by atoms with E-state index < -0.39 is 0 Å². The Morgan fingerprint density at radius 3 is 3.08 bits per heavy atom. The highest BCUT2D eigenvalue weighted by molar-refractivity contribution is 6.02. The zero-order valence-electron chi connectivity index (χ0n) is 15.0. The normalized spacial score (nSPS) is 21.8. The molecule has 136 valence electrons. The molecule has 1 aromatic carbocycles. The average Bonchev–Trinajstić information content (AvgIpc) is 2.67. The summed E-state index contributed by atoms with van der Waals surface area (Å²) in [7, 11) is 1.67. The van der Waals surface area contributed by atoms with Crippen molar-refractivity contribution < 1.29 is 19.1 Å². The second-order valence-electron chi connectivity index (χ2n) is 6.43. The Kier molecular flexibility index (Phi) is 5.91. The number of methoxy groups -OCH3 is 1. The number of aryl methyl sites for hydroxylation is 1. The van der Waals surface area contributed by atoms with Crippen LogP contribution in [-0.2, 0) is 20.8 Å². The Labute approximate surface area is 148 Å². The van der Waals surface area contributed by atoms with E-state index in [1.807, 2.05) is 18.2 Å². The van der Waals surface area contributed by atoms with E-state index in [0.717, 1.165) is 42.7 Å². The third-order valence-electron chi connectivity index (χ3n) is 4.79. The molecule has 3 rings (SSSR count). The van der Waals surface area contributed by atoms with Crippen molar-refractivity contribution in [3.05, 3.63) is 29.3 Å². The van der Waals surface area contributed by atoms with Gasteiger partial charge in [-0.15, -0.1) is 0 Å². The monoisotopic (exact) mass is 346 g/mol. The first-order valence-electron chi connectivity index (χ1n) is 8.96. The fourth-order valence-corrected chi connectivity index (χ4v) is 3.31. The van der Waals surface area contributed by atoms with Crippen LogP contribution in [-0.4, -0.2) is 56.0 Å². The molecule has 1 aliphatic heterocycles. The molecule has 2 aliphatic rings. The quantitative estimate of drug-likeness (QED) is 0.768. The van der Waals surface area contributed by atoms with Gasteiger partial charge in [-0.3, -0.25) is 4.79 Å². The van der Waals surface area contributed by atoms with Gasteiger partial charge in [0, 0.05) is 18.7 Å². The van der Waals surface area contributed by atoms with Crippen LogP contribution in [0.2, 0.25) is 0 Å². The maximum Gasteiger partial charge on any atom is 0.263 e. The van der Waals surface area contributed by atoms with Crippen molar-refractivity contribution in [2.75, 3.05) is 33.4 Å². The lowest BCUT2D eigenvalue weighted by atomic mass is 9.90. The molecule has 0 radical (unpaired) electrons. The van der Waals surface area contributed by atoms with Gasteiger partial charge in [0.15, 0.2) is 6.61 Å². The van der Waals surface area contributed by atoms with Gasteiger partial charge in [0.1, 0.15) is 5.75 Å². The number of nitrogens with zero attached hydrogens (tertiary/aromatic N) is 2. The molecule has 1 heterocycles. The molecule has 0 aromatic heterocycles. The first-order valence-corrected chi connectivity index (χ1v) is 8.96. The van der Waals surface area contributed by atoms with Crippen LogP contribution in [0.3, 0.4) is 0 Å². The molecule has 6 nitrogen and oxygen atoms in total. The summed E-state index contributed by atoms with van der Waals surface area (Å²) < 4.78 is 10.9. The van der Waals surface area contributed by atoms with Gasteiger partial charge in [0.2, 0.25) is 0 Å². The first-order chi connectivity index (χ1) is 12.2. The molecule has 1 fully saturated rings. The molecule has 0 saturated carbocycles. The molecule has 0 bridgehead atoms. The number of carbonyl (C=O) groups is 1. The van der Waals surface area contributed by atoms with Crippen molar-refractivity contribution in [1.82, 2.24) is 4.90 Å². The van der Waals surface area contributed by atoms with E-state index in [9.17, 15) is 4.79 Å². The van der Waals surface area contributed by atoms with Gasteiger partial charge in [-0.1, -0.05) is 12.1 Å². The van der Waals surface area contributed by atoms with Gasteiger partial charge < -0.3 is 19.2 Å². The number of benzene rings is 1. The van der Waals surface area contributed by atoms with Crippen LogP contribution in [0.15, 0.2) is 23.4 Å². The van der Waals surface area contributed by atoms with Crippen LogP contribution in [0.5, 0.6) is 5.75 Å². The van der Waals surface area contributed by atoms with Crippen molar-refractivity contribution in [2.24, 2.45) is 5.16 Å². The number of fused-ring (bicyclic) bond motifs is 1. The Morgan fingerprint density at radius 1 is 1.40 bits per heavy atom. The van der Waals surface area contributed by atoms with E-state index in [1.165, 1.54) is 5.56 Å². The van der Waals surface area contributed by atoms with Crippen molar-refractivity contribution in [1.29, 1.82) is 0 Å². The van der Waals surface area contributed by atoms with Crippen molar-refractivity contribution in [3.63, 3.8) is 0 Å². The number of carbonyl (C=O) groups excluding carboxylic acids is 1.